The number of sulfonamides is 1. The summed E-state index contributed by atoms with van der Waals surface area (Å²) in [5.74, 6) is -0.346. The first-order chi connectivity index (χ1) is 12.4. The van der Waals surface area contributed by atoms with Gasteiger partial charge in [0, 0.05) is 45.5 Å². The molecule has 0 aliphatic carbocycles. The minimum absolute atomic E-state index is 0.0323. The van der Waals surface area contributed by atoms with Gasteiger partial charge in [0.15, 0.2) is 0 Å². The van der Waals surface area contributed by atoms with Crippen LogP contribution in [0, 0.1) is 0 Å². The molecule has 1 amide bonds. The van der Waals surface area contributed by atoms with Crippen LogP contribution in [-0.2, 0) is 28.4 Å². The van der Waals surface area contributed by atoms with Crippen LogP contribution in [0.5, 0.6) is 0 Å². The number of ether oxygens (including phenoxy) is 1. The molecule has 0 saturated carbocycles. The number of carbonyl (C=O) groups is 1. The van der Waals surface area contributed by atoms with Gasteiger partial charge in [-0.15, -0.1) is 0 Å². The molecule has 1 aliphatic rings. The number of nitrogens with zero attached hydrogens (tertiary/aromatic N) is 4. The van der Waals surface area contributed by atoms with Crippen molar-refractivity contribution >= 4 is 15.9 Å². The normalized spacial score (nSPS) is 15.8. The first-order valence-corrected chi connectivity index (χ1v) is 9.73. The first kappa shape index (κ1) is 18.6. The zero-order valence-corrected chi connectivity index (χ0v) is 15.6. The van der Waals surface area contributed by atoms with Crippen LogP contribution in [0.4, 0.5) is 0 Å². The molecule has 1 saturated heterocycles. The first-order valence-electron chi connectivity index (χ1n) is 8.29. The Labute approximate surface area is 153 Å². The molecule has 8 nitrogen and oxygen atoms in total. The zero-order valence-electron chi connectivity index (χ0n) is 14.8. The SMILES string of the molecule is CN(Cc1cnn(C)c1)C(=O)c1ccccc1S(=O)(=O)N1CCOCC1. The van der Waals surface area contributed by atoms with Crippen LogP contribution in [0.25, 0.3) is 0 Å². The van der Waals surface area contributed by atoms with Gasteiger partial charge >= 0.3 is 0 Å². The molecule has 1 fully saturated rings. The summed E-state index contributed by atoms with van der Waals surface area (Å²) in [5, 5.41) is 4.08. The number of benzene rings is 1. The molecular weight excluding hydrogens is 356 g/mol. The summed E-state index contributed by atoms with van der Waals surface area (Å²) in [6.07, 6.45) is 3.50. The number of hydrogen-bond donors (Lipinski definition) is 0. The van der Waals surface area contributed by atoms with Crippen molar-refractivity contribution in [3.63, 3.8) is 0 Å². The Hall–Kier alpha value is -2.23. The molecule has 0 atom stereocenters. The van der Waals surface area contributed by atoms with E-state index in [4.69, 9.17) is 4.74 Å². The van der Waals surface area contributed by atoms with Gasteiger partial charge in [-0.25, -0.2) is 8.42 Å². The zero-order chi connectivity index (χ0) is 18.7. The average Bonchev–Trinajstić information content (AvgIpc) is 3.06. The van der Waals surface area contributed by atoms with Crippen molar-refractivity contribution in [1.29, 1.82) is 0 Å². The molecule has 2 aromatic rings. The van der Waals surface area contributed by atoms with Gasteiger partial charge in [0.25, 0.3) is 5.91 Å². The van der Waals surface area contributed by atoms with Crippen molar-refractivity contribution in [2.45, 2.75) is 11.4 Å². The lowest BCUT2D eigenvalue weighted by Gasteiger charge is -2.27. The van der Waals surface area contributed by atoms with Gasteiger partial charge < -0.3 is 9.64 Å². The highest BCUT2D eigenvalue weighted by atomic mass is 32.2. The van der Waals surface area contributed by atoms with Crippen LogP contribution in [0.1, 0.15) is 15.9 Å². The molecule has 26 heavy (non-hydrogen) atoms. The molecule has 140 valence electrons. The second-order valence-electron chi connectivity index (χ2n) is 6.20. The van der Waals surface area contributed by atoms with Crippen molar-refractivity contribution in [2.75, 3.05) is 33.4 Å². The number of morpholine rings is 1. The van der Waals surface area contributed by atoms with Crippen LogP contribution in [0.2, 0.25) is 0 Å². The predicted octanol–water partition coefficient (Wildman–Crippen LogP) is 0.713. The number of amides is 1. The Morgan fingerprint density at radius 3 is 2.62 bits per heavy atom. The molecule has 1 aromatic heterocycles. The molecule has 0 bridgehead atoms. The smallest absolute Gasteiger partial charge is 0.255 e. The van der Waals surface area contributed by atoms with Crippen molar-refractivity contribution in [3.8, 4) is 0 Å². The van der Waals surface area contributed by atoms with E-state index in [9.17, 15) is 13.2 Å². The van der Waals surface area contributed by atoms with Crippen molar-refractivity contribution in [2.24, 2.45) is 7.05 Å². The van der Waals surface area contributed by atoms with Gasteiger partial charge in [-0.05, 0) is 12.1 Å². The molecule has 0 N–H and O–H groups in total. The van der Waals surface area contributed by atoms with Gasteiger partial charge in [-0.3, -0.25) is 9.48 Å². The highest BCUT2D eigenvalue weighted by Gasteiger charge is 2.30. The fourth-order valence-electron chi connectivity index (χ4n) is 2.90. The van der Waals surface area contributed by atoms with Crippen molar-refractivity contribution in [1.82, 2.24) is 19.0 Å². The summed E-state index contributed by atoms with van der Waals surface area (Å²) in [6.45, 7) is 1.64. The van der Waals surface area contributed by atoms with E-state index >= 15 is 0 Å². The maximum Gasteiger partial charge on any atom is 0.255 e. The maximum absolute atomic E-state index is 13.0. The lowest BCUT2D eigenvalue weighted by Crippen LogP contribution is -2.41. The van der Waals surface area contributed by atoms with Gasteiger partial charge in [-0.2, -0.15) is 9.40 Å². The maximum atomic E-state index is 13.0. The number of aryl methyl sites for hydroxylation is 1. The number of rotatable bonds is 5. The Balaban J connectivity index is 1.87. The van der Waals surface area contributed by atoms with Crippen LogP contribution in [-0.4, -0.2) is 66.7 Å². The lowest BCUT2D eigenvalue weighted by molar-refractivity contribution is 0.0727. The molecule has 1 aromatic carbocycles. The summed E-state index contributed by atoms with van der Waals surface area (Å²) in [5.41, 5.74) is 1.04. The van der Waals surface area contributed by atoms with Crippen molar-refractivity contribution in [3.05, 3.63) is 47.8 Å². The Morgan fingerprint density at radius 2 is 1.96 bits per heavy atom. The largest absolute Gasteiger partial charge is 0.379 e. The Morgan fingerprint density at radius 1 is 1.27 bits per heavy atom. The fraction of sp³-hybridized carbons (Fsp3) is 0.412. The van der Waals surface area contributed by atoms with Gasteiger partial charge in [0.2, 0.25) is 10.0 Å². The predicted molar refractivity (Wildman–Crippen MR) is 95.0 cm³/mol. The summed E-state index contributed by atoms with van der Waals surface area (Å²) >= 11 is 0. The van der Waals surface area contributed by atoms with Crippen LogP contribution >= 0.6 is 0 Å². The monoisotopic (exact) mass is 378 g/mol. The third-order valence-corrected chi connectivity index (χ3v) is 6.19. The third-order valence-electron chi connectivity index (χ3n) is 4.23. The van der Waals surface area contributed by atoms with Gasteiger partial charge in [0.1, 0.15) is 0 Å². The third kappa shape index (κ3) is 3.79. The highest BCUT2D eigenvalue weighted by molar-refractivity contribution is 7.89. The van der Waals surface area contributed by atoms with E-state index in [1.54, 1.807) is 43.2 Å². The minimum Gasteiger partial charge on any atom is -0.379 e. The van der Waals surface area contributed by atoms with E-state index in [1.165, 1.54) is 15.3 Å². The molecule has 2 heterocycles. The van der Waals surface area contributed by atoms with Crippen LogP contribution in [0.15, 0.2) is 41.6 Å². The van der Waals surface area contributed by atoms with E-state index in [0.717, 1.165) is 5.56 Å². The number of hydrogen-bond acceptors (Lipinski definition) is 5. The lowest BCUT2D eigenvalue weighted by atomic mass is 10.2. The number of aromatic nitrogens is 2. The Bertz CT molecular complexity index is 888. The topological polar surface area (TPSA) is 84.7 Å². The molecule has 1 aliphatic heterocycles. The van der Waals surface area contributed by atoms with E-state index in [1.807, 2.05) is 6.20 Å². The molecular formula is C17H22N4O4S. The van der Waals surface area contributed by atoms with E-state index in [-0.39, 0.29) is 29.5 Å². The summed E-state index contributed by atoms with van der Waals surface area (Å²) in [6, 6.07) is 6.33. The highest BCUT2D eigenvalue weighted by Crippen LogP contribution is 2.22. The second-order valence-corrected chi connectivity index (χ2v) is 8.10. The quantitative estimate of drug-likeness (QED) is 0.765. The summed E-state index contributed by atoms with van der Waals surface area (Å²) < 4.78 is 34.2. The summed E-state index contributed by atoms with van der Waals surface area (Å²) in [7, 11) is -0.303. The van der Waals surface area contributed by atoms with Crippen LogP contribution < -0.4 is 0 Å². The van der Waals surface area contributed by atoms with E-state index < -0.39 is 10.0 Å². The number of carbonyl (C=O) groups excluding carboxylic acids is 1. The van der Waals surface area contributed by atoms with Crippen LogP contribution in [0.3, 0.4) is 0 Å². The standard InChI is InChI=1S/C17H22N4O4S/c1-19(12-14-11-18-20(2)13-14)17(22)15-5-3-4-6-16(15)26(23,24)21-7-9-25-10-8-21/h3-6,11,13H,7-10,12H2,1-2H3. The summed E-state index contributed by atoms with van der Waals surface area (Å²) in [4.78, 5) is 14.4. The van der Waals surface area contributed by atoms with Gasteiger partial charge in [-0.1, -0.05) is 12.1 Å². The van der Waals surface area contributed by atoms with E-state index in [2.05, 4.69) is 5.10 Å². The molecule has 0 radical (unpaired) electrons. The molecule has 0 spiro atoms. The molecule has 3 rings (SSSR count). The average molecular weight is 378 g/mol. The Kier molecular flexibility index (Phi) is 5.40. The van der Waals surface area contributed by atoms with Crippen molar-refractivity contribution < 1.29 is 17.9 Å². The molecule has 9 heteroatoms. The minimum atomic E-state index is -3.75. The fourth-order valence-corrected chi connectivity index (χ4v) is 4.49. The second kappa shape index (κ2) is 7.56. The van der Waals surface area contributed by atoms with E-state index in [0.29, 0.717) is 19.8 Å². The van der Waals surface area contributed by atoms with Gasteiger partial charge in [0.05, 0.1) is 29.9 Å². The molecule has 0 unspecified atom stereocenters.